The minimum Gasteiger partial charge on any atom is -0.497 e. The predicted molar refractivity (Wildman–Crippen MR) is 122 cm³/mol. The minimum atomic E-state index is -4.85. The summed E-state index contributed by atoms with van der Waals surface area (Å²) in [6.07, 6.45) is -1.89. The summed E-state index contributed by atoms with van der Waals surface area (Å²) in [4.78, 5) is 15.4. The number of urea groups is 1. The molecule has 1 heterocycles. The molecule has 0 bridgehead atoms. The van der Waals surface area contributed by atoms with Gasteiger partial charge in [0.15, 0.2) is 0 Å². The standard InChI is InChI=1S/C25H22ClF3N2O2/c1-4-18-13-22-20(14-21(18)26)24(25(27,28)29,12-11-16-5-6-16)30(2)23(32)31(22)15-17-7-9-19(33-3)10-8-17/h4,7-10,13-14,16H,1,5-6,15H2,2-3H3. The van der Waals surface area contributed by atoms with E-state index in [0.29, 0.717) is 16.2 Å². The first-order chi connectivity index (χ1) is 15.6. The maximum atomic E-state index is 14.7. The number of methoxy groups -OCH3 is 1. The molecule has 4 nitrogen and oxygen atoms in total. The van der Waals surface area contributed by atoms with Crippen LogP contribution in [0.2, 0.25) is 5.02 Å². The smallest absolute Gasteiger partial charge is 0.427 e. The number of fused-ring (bicyclic) bond motifs is 1. The van der Waals surface area contributed by atoms with E-state index < -0.39 is 17.7 Å². The molecule has 8 heteroatoms. The van der Waals surface area contributed by atoms with E-state index in [2.05, 4.69) is 18.4 Å². The molecule has 2 amide bonds. The number of benzene rings is 2. The van der Waals surface area contributed by atoms with Crippen molar-refractivity contribution in [2.75, 3.05) is 19.1 Å². The van der Waals surface area contributed by atoms with Gasteiger partial charge in [0, 0.05) is 23.6 Å². The Morgan fingerprint density at radius 2 is 1.94 bits per heavy atom. The lowest BCUT2D eigenvalue weighted by Gasteiger charge is -2.47. The monoisotopic (exact) mass is 474 g/mol. The third-order valence-electron chi connectivity index (χ3n) is 5.98. The van der Waals surface area contributed by atoms with Gasteiger partial charge in [-0.15, -0.1) is 0 Å². The number of carbonyl (C=O) groups is 1. The summed E-state index contributed by atoms with van der Waals surface area (Å²) in [5.41, 5.74) is -1.72. The molecule has 1 aliphatic carbocycles. The lowest BCUT2D eigenvalue weighted by molar-refractivity contribution is -0.204. The highest BCUT2D eigenvalue weighted by Crippen LogP contribution is 2.51. The van der Waals surface area contributed by atoms with Crippen LogP contribution in [0.25, 0.3) is 6.08 Å². The zero-order valence-electron chi connectivity index (χ0n) is 18.2. The summed E-state index contributed by atoms with van der Waals surface area (Å²) in [6, 6.07) is 8.89. The van der Waals surface area contributed by atoms with Gasteiger partial charge in [-0.05, 0) is 48.2 Å². The van der Waals surface area contributed by atoms with Crippen LogP contribution in [0.1, 0.15) is 29.5 Å². The molecule has 1 atom stereocenters. The third kappa shape index (κ3) is 3.93. The number of anilines is 1. The largest absolute Gasteiger partial charge is 0.497 e. The summed E-state index contributed by atoms with van der Waals surface area (Å²) < 4.78 is 49.3. The Bertz CT molecular complexity index is 1160. The van der Waals surface area contributed by atoms with Crippen molar-refractivity contribution in [2.45, 2.75) is 31.1 Å². The molecule has 0 radical (unpaired) electrons. The van der Waals surface area contributed by atoms with E-state index in [0.717, 1.165) is 25.5 Å². The fraction of sp³-hybridized carbons (Fsp3) is 0.320. The van der Waals surface area contributed by atoms with Gasteiger partial charge >= 0.3 is 12.2 Å². The zero-order chi connectivity index (χ0) is 24.0. The van der Waals surface area contributed by atoms with E-state index in [-0.39, 0.29) is 28.7 Å². The topological polar surface area (TPSA) is 32.8 Å². The molecule has 2 aromatic carbocycles. The highest BCUT2D eigenvalue weighted by Gasteiger charge is 2.63. The zero-order valence-corrected chi connectivity index (χ0v) is 18.9. The third-order valence-corrected chi connectivity index (χ3v) is 6.31. The average Bonchev–Trinajstić information content (AvgIpc) is 3.61. The van der Waals surface area contributed by atoms with Crippen LogP contribution in [0.3, 0.4) is 0 Å². The normalized spacial score (nSPS) is 20.1. The lowest BCUT2D eigenvalue weighted by Crippen LogP contribution is -2.62. The quantitative estimate of drug-likeness (QED) is 0.492. The average molecular weight is 475 g/mol. The van der Waals surface area contributed by atoms with Gasteiger partial charge in [0.25, 0.3) is 0 Å². The Hall–Kier alpha value is -3.11. The number of halogens is 4. The SMILES string of the molecule is C=Cc1cc2c(cc1Cl)C(C#CC1CC1)(C(F)(F)F)N(C)C(=O)N2Cc1ccc(OC)cc1. The van der Waals surface area contributed by atoms with Crippen LogP contribution in [-0.2, 0) is 12.1 Å². The number of nitrogens with zero attached hydrogens (tertiary/aromatic N) is 2. The summed E-state index contributed by atoms with van der Waals surface area (Å²) in [5, 5.41) is 0.109. The van der Waals surface area contributed by atoms with Crippen molar-refractivity contribution in [3.8, 4) is 17.6 Å². The number of alkyl halides is 3. The van der Waals surface area contributed by atoms with E-state index in [1.165, 1.54) is 30.2 Å². The molecule has 1 fully saturated rings. The summed E-state index contributed by atoms with van der Waals surface area (Å²) >= 11 is 6.32. The molecule has 172 valence electrons. The Labute approximate surface area is 195 Å². The summed E-state index contributed by atoms with van der Waals surface area (Å²) in [5.74, 6) is 5.72. The second kappa shape index (κ2) is 8.35. The lowest BCUT2D eigenvalue weighted by atomic mass is 9.83. The molecule has 0 spiro atoms. The van der Waals surface area contributed by atoms with Gasteiger partial charge in [-0.1, -0.05) is 48.2 Å². The molecule has 2 aromatic rings. The van der Waals surface area contributed by atoms with Crippen LogP contribution in [0.15, 0.2) is 43.0 Å². The molecular formula is C25H22ClF3N2O2. The molecule has 1 saturated carbocycles. The van der Waals surface area contributed by atoms with Crippen molar-refractivity contribution in [3.63, 3.8) is 0 Å². The first-order valence-corrected chi connectivity index (χ1v) is 10.7. The Kier molecular flexibility index (Phi) is 5.83. The Balaban J connectivity index is 1.92. The minimum absolute atomic E-state index is 0.0579. The number of hydrogen-bond donors (Lipinski definition) is 0. The van der Waals surface area contributed by atoms with Crippen LogP contribution in [-0.4, -0.2) is 31.3 Å². The van der Waals surface area contributed by atoms with Gasteiger partial charge in [-0.25, -0.2) is 4.79 Å². The van der Waals surface area contributed by atoms with Gasteiger partial charge in [-0.2, -0.15) is 13.2 Å². The number of ether oxygens (including phenoxy) is 1. The van der Waals surface area contributed by atoms with E-state index in [4.69, 9.17) is 16.3 Å². The molecule has 4 rings (SSSR count). The second-order valence-electron chi connectivity index (χ2n) is 8.12. The van der Waals surface area contributed by atoms with Crippen molar-refractivity contribution in [1.29, 1.82) is 0 Å². The van der Waals surface area contributed by atoms with Gasteiger partial charge < -0.3 is 4.74 Å². The first kappa shape index (κ1) is 23.1. The van der Waals surface area contributed by atoms with Crippen LogP contribution in [0, 0.1) is 17.8 Å². The molecule has 1 aliphatic heterocycles. The molecular weight excluding hydrogens is 453 g/mol. The van der Waals surface area contributed by atoms with Crippen molar-refractivity contribution in [3.05, 3.63) is 64.7 Å². The van der Waals surface area contributed by atoms with E-state index in [1.807, 2.05) is 0 Å². The highest BCUT2D eigenvalue weighted by atomic mass is 35.5. The van der Waals surface area contributed by atoms with Gasteiger partial charge in [-0.3, -0.25) is 9.80 Å². The maximum absolute atomic E-state index is 14.7. The van der Waals surface area contributed by atoms with Crippen molar-refractivity contribution < 1.29 is 22.7 Å². The molecule has 0 N–H and O–H groups in total. The van der Waals surface area contributed by atoms with Gasteiger partial charge in [0.05, 0.1) is 19.3 Å². The van der Waals surface area contributed by atoms with Crippen LogP contribution < -0.4 is 9.64 Å². The van der Waals surface area contributed by atoms with E-state index >= 15 is 0 Å². The number of hydrogen-bond acceptors (Lipinski definition) is 2. The number of rotatable bonds is 4. The summed E-state index contributed by atoms with van der Waals surface area (Å²) in [7, 11) is 2.67. The molecule has 33 heavy (non-hydrogen) atoms. The second-order valence-corrected chi connectivity index (χ2v) is 8.53. The van der Waals surface area contributed by atoms with Crippen LogP contribution in [0.4, 0.5) is 23.7 Å². The highest BCUT2D eigenvalue weighted by molar-refractivity contribution is 6.32. The van der Waals surface area contributed by atoms with E-state index in [1.54, 1.807) is 24.3 Å². The molecule has 0 saturated heterocycles. The van der Waals surface area contributed by atoms with Gasteiger partial charge in [0.2, 0.25) is 5.54 Å². The molecule has 0 aromatic heterocycles. The molecule has 1 unspecified atom stereocenters. The van der Waals surface area contributed by atoms with Crippen LogP contribution >= 0.6 is 11.6 Å². The van der Waals surface area contributed by atoms with Crippen molar-refractivity contribution in [1.82, 2.24) is 4.90 Å². The molecule has 2 aliphatic rings. The van der Waals surface area contributed by atoms with Crippen LogP contribution in [0.5, 0.6) is 5.75 Å². The van der Waals surface area contributed by atoms with Crippen molar-refractivity contribution in [2.24, 2.45) is 5.92 Å². The Morgan fingerprint density at radius 1 is 1.27 bits per heavy atom. The summed E-state index contributed by atoms with van der Waals surface area (Å²) in [6.45, 7) is 3.75. The number of amides is 2. The number of carbonyl (C=O) groups excluding carboxylic acids is 1. The van der Waals surface area contributed by atoms with E-state index in [9.17, 15) is 18.0 Å². The van der Waals surface area contributed by atoms with Crippen molar-refractivity contribution >= 4 is 29.4 Å². The predicted octanol–water partition coefficient (Wildman–Crippen LogP) is 6.23. The Morgan fingerprint density at radius 3 is 2.48 bits per heavy atom. The van der Waals surface area contributed by atoms with Gasteiger partial charge in [0.1, 0.15) is 5.75 Å². The first-order valence-electron chi connectivity index (χ1n) is 10.4. The fourth-order valence-corrected chi connectivity index (χ4v) is 4.16. The maximum Gasteiger partial charge on any atom is 0.427 e. The fourth-order valence-electron chi connectivity index (χ4n) is 3.92.